The Morgan fingerprint density at radius 3 is 1.75 bits per heavy atom. The Labute approximate surface area is 270 Å². The quantitative estimate of drug-likeness (QED) is 0.186. The number of amidine groups is 1. The zero-order chi connectivity index (χ0) is 32.1. The molecule has 3 aromatic carbocycles. The summed E-state index contributed by atoms with van der Waals surface area (Å²) in [4.78, 5) is 8.72. The van der Waals surface area contributed by atoms with Gasteiger partial charge in [0.2, 0.25) is 0 Å². The Balaban J connectivity index is 0.000000195. The van der Waals surface area contributed by atoms with Gasteiger partial charge in [-0.15, -0.1) is 0 Å². The average Bonchev–Trinajstić information content (AvgIpc) is 3.27. The van der Waals surface area contributed by atoms with E-state index >= 15 is 0 Å². The molecule has 0 unspecified atom stereocenters. The van der Waals surface area contributed by atoms with Gasteiger partial charge in [0.05, 0.1) is 5.69 Å². The van der Waals surface area contributed by atoms with Crippen molar-refractivity contribution in [3.8, 4) is 11.3 Å². The van der Waals surface area contributed by atoms with Crippen LogP contribution in [0.25, 0.3) is 11.3 Å². The van der Waals surface area contributed by atoms with Gasteiger partial charge in [0.1, 0.15) is 5.84 Å². The number of hydrogen-bond acceptors (Lipinski definition) is 2. The zero-order valence-electron chi connectivity index (χ0n) is 28.0. The lowest BCUT2D eigenvalue weighted by molar-refractivity contribution is 0.402. The molecule has 230 valence electrons. The monoisotopic (exact) mass is 605 g/mol. The molecule has 44 heavy (non-hydrogen) atoms. The van der Waals surface area contributed by atoms with Gasteiger partial charge in [-0.1, -0.05) is 116 Å². The first-order valence-corrected chi connectivity index (χ1v) is 16.1. The highest BCUT2D eigenvalue weighted by molar-refractivity contribution is 6.30. The maximum atomic E-state index is 5.97. The van der Waals surface area contributed by atoms with Crippen molar-refractivity contribution in [2.24, 2.45) is 10.7 Å². The van der Waals surface area contributed by atoms with Crippen LogP contribution in [0.2, 0.25) is 5.02 Å². The normalized spacial score (nSPS) is 18.6. The van der Waals surface area contributed by atoms with Gasteiger partial charge in [-0.05, 0) is 98.6 Å². The summed E-state index contributed by atoms with van der Waals surface area (Å²) in [7, 11) is 1.73. The summed E-state index contributed by atoms with van der Waals surface area (Å²) in [5.74, 6) is 0.619. The maximum Gasteiger partial charge on any atom is 0.125 e. The average molecular weight is 606 g/mol. The van der Waals surface area contributed by atoms with Crippen LogP contribution >= 0.6 is 11.6 Å². The summed E-state index contributed by atoms with van der Waals surface area (Å²) < 4.78 is 0. The fourth-order valence-corrected chi connectivity index (χ4v) is 8.11. The summed E-state index contributed by atoms with van der Waals surface area (Å²) in [6, 6.07) is 25.7. The van der Waals surface area contributed by atoms with Gasteiger partial charge >= 0.3 is 0 Å². The van der Waals surface area contributed by atoms with E-state index < -0.39 is 0 Å². The van der Waals surface area contributed by atoms with Gasteiger partial charge in [0, 0.05) is 29.4 Å². The zero-order valence-corrected chi connectivity index (χ0v) is 28.7. The van der Waals surface area contributed by atoms with Crippen LogP contribution in [-0.4, -0.2) is 17.9 Å². The summed E-state index contributed by atoms with van der Waals surface area (Å²) in [6.07, 6.45) is 5.29. The lowest BCUT2D eigenvalue weighted by Crippen LogP contribution is -2.18. The van der Waals surface area contributed by atoms with E-state index in [1.165, 1.54) is 46.2 Å². The van der Waals surface area contributed by atoms with Crippen LogP contribution < -0.4 is 5.73 Å². The van der Waals surface area contributed by atoms with Crippen LogP contribution in [0.5, 0.6) is 0 Å². The van der Waals surface area contributed by atoms with E-state index in [0.29, 0.717) is 5.84 Å². The maximum absolute atomic E-state index is 5.97. The second kappa shape index (κ2) is 11.5. The molecule has 1 aromatic heterocycles. The van der Waals surface area contributed by atoms with Crippen molar-refractivity contribution in [3.63, 3.8) is 0 Å². The molecule has 0 saturated carbocycles. The lowest BCUT2D eigenvalue weighted by atomic mass is 9.82. The van der Waals surface area contributed by atoms with Gasteiger partial charge in [-0.3, -0.25) is 9.98 Å². The highest BCUT2D eigenvalue weighted by Crippen LogP contribution is 2.50. The molecule has 2 N–H and O–H groups in total. The van der Waals surface area contributed by atoms with Crippen LogP contribution in [0.15, 0.2) is 84.0 Å². The Morgan fingerprint density at radius 2 is 1.20 bits per heavy atom. The fourth-order valence-electron chi connectivity index (χ4n) is 7.98. The van der Waals surface area contributed by atoms with Gasteiger partial charge in [-0.2, -0.15) is 0 Å². The minimum Gasteiger partial charge on any atom is -0.384 e. The Bertz CT molecular complexity index is 1690. The number of pyridine rings is 1. The number of rotatable bonds is 4. The number of aliphatic imine (C=N–C) groups is 1. The van der Waals surface area contributed by atoms with Crippen LogP contribution in [0.1, 0.15) is 107 Å². The van der Waals surface area contributed by atoms with E-state index in [1.807, 2.05) is 30.5 Å². The topological polar surface area (TPSA) is 51.3 Å². The molecule has 0 bridgehead atoms. The minimum absolute atomic E-state index is 0.225. The minimum atomic E-state index is 0.225. The van der Waals surface area contributed by atoms with Crippen molar-refractivity contribution in [2.45, 2.75) is 96.3 Å². The second-order valence-corrected chi connectivity index (χ2v) is 15.8. The molecule has 4 heteroatoms. The highest BCUT2D eigenvalue weighted by atomic mass is 35.5. The fraction of sp³-hybridized carbons (Fsp3) is 0.400. The number of benzene rings is 3. The Hall–Kier alpha value is -3.43. The first kappa shape index (κ1) is 32.0. The molecule has 2 aliphatic rings. The molecule has 0 fully saturated rings. The van der Waals surface area contributed by atoms with E-state index in [2.05, 4.69) is 114 Å². The van der Waals surface area contributed by atoms with E-state index in [-0.39, 0.29) is 21.7 Å². The number of aromatic nitrogens is 1. The van der Waals surface area contributed by atoms with E-state index in [1.54, 1.807) is 7.05 Å². The number of fused-ring (bicyclic) bond motifs is 2. The van der Waals surface area contributed by atoms with Crippen molar-refractivity contribution in [3.05, 3.63) is 123 Å². The third-order valence-corrected chi connectivity index (χ3v) is 9.95. The van der Waals surface area contributed by atoms with Crippen molar-refractivity contribution in [1.82, 2.24) is 4.98 Å². The summed E-state index contributed by atoms with van der Waals surface area (Å²) in [5, 5.41) is 0.748. The second-order valence-electron chi connectivity index (χ2n) is 15.4. The van der Waals surface area contributed by atoms with Crippen LogP contribution in [-0.2, 0) is 28.1 Å². The predicted octanol–water partition coefficient (Wildman–Crippen LogP) is 9.93. The highest BCUT2D eigenvalue weighted by Gasteiger charge is 2.42. The molecule has 4 aromatic rings. The van der Waals surface area contributed by atoms with E-state index in [0.717, 1.165) is 28.3 Å². The van der Waals surface area contributed by atoms with Crippen molar-refractivity contribution in [1.29, 1.82) is 0 Å². The smallest absolute Gasteiger partial charge is 0.125 e. The predicted molar refractivity (Wildman–Crippen MR) is 188 cm³/mol. The molecular weight excluding hydrogens is 558 g/mol. The summed E-state index contributed by atoms with van der Waals surface area (Å²) >= 11 is 5.97. The molecule has 0 spiro atoms. The molecule has 0 saturated heterocycles. The Morgan fingerprint density at radius 1 is 0.682 bits per heavy atom. The van der Waals surface area contributed by atoms with Gasteiger partial charge in [-0.25, -0.2) is 0 Å². The Kier molecular flexibility index (Phi) is 8.35. The van der Waals surface area contributed by atoms with Gasteiger partial charge in [0.15, 0.2) is 0 Å². The third-order valence-electron chi connectivity index (χ3n) is 9.70. The van der Waals surface area contributed by atoms with Crippen LogP contribution in [0.4, 0.5) is 0 Å². The molecule has 0 amide bonds. The molecule has 0 atom stereocenters. The summed E-state index contributed by atoms with van der Waals surface area (Å²) in [5.41, 5.74) is 18.5. The van der Waals surface area contributed by atoms with Gasteiger partial charge in [0.25, 0.3) is 0 Å². The summed E-state index contributed by atoms with van der Waals surface area (Å²) in [6.45, 7) is 18.7. The van der Waals surface area contributed by atoms with Crippen LogP contribution in [0.3, 0.4) is 0 Å². The van der Waals surface area contributed by atoms with Crippen molar-refractivity contribution in [2.75, 3.05) is 7.05 Å². The standard InChI is InChI=1S/C25H26ClN.C15H22N2/c1-24(2)16-25(3,4)22-14-17(5-11-21(22)24)13-18-6-12-23(27-15-18)19-7-9-20(26)10-8-19;1-14(2)9-15(3,4)12-8-10(13(16)17-5)6-7-11(12)14/h5-12,14-15H,13,16H2,1-4H3;6-8H,9H2,1-5H3,(H2,16,17). The molecule has 2 aliphatic carbocycles. The van der Waals surface area contributed by atoms with Crippen LogP contribution in [0, 0.1) is 0 Å². The number of hydrogen-bond donors (Lipinski definition) is 1. The molecule has 0 aliphatic heterocycles. The van der Waals surface area contributed by atoms with Gasteiger partial charge < -0.3 is 5.73 Å². The largest absolute Gasteiger partial charge is 0.384 e. The SMILES string of the molecule is CC1(C)CC(C)(C)c2cc(Cc3ccc(-c4ccc(Cl)cc4)nc3)ccc21.CN=C(N)c1ccc2c(c1)C(C)(C)CC2(C)C. The van der Waals surface area contributed by atoms with Crippen molar-refractivity contribution < 1.29 is 0 Å². The van der Waals surface area contributed by atoms with Crippen molar-refractivity contribution >= 4 is 17.4 Å². The third kappa shape index (κ3) is 6.35. The first-order chi connectivity index (χ1) is 20.5. The number of nitrogens with two attached hydrogens (primary N) is 1. The molecule has 1 heterocycles. The van der Waals surface area contributed by atoms with E-state index in [9.17, 15) is 0 Å². The molecule has 3 nitrogen and oxygen atoms in total. The first-order valence-electron chi connectivity index (χ1n) is 15.7. The number of nitrogens with zero attached hydrogens (tertiary/aromatic N) is 2. The number of halogens is 1. The molecule has 6 rings (SSSR count). The molecular formula is C40H48ClN3. The molecule has 0 radical (unpaired) electrons. The lowest BCUT2D eigenvalue weighted by Gasteiger charge is -2.22. The van der Waals surface area contributed by atoms with E-state index in [4.69, 9.17) is 17.3 Å².